The number of nitrogen functional groups attached to an aromatic ring is 1. The van der Waals surface area contributed by atoms with Crippen LogP contribution in [0.3, 0.4) is 0 Å². The van der Waals surface area contributed by atoms with Crippen LogP contribution in [0.5, 0.6) is 0 Å². The highest BCUT2D eigenvalue weighted by Crippen LogP contribution is 2.16. The molecule has 0 fully saturated rings. The summed E-state index contributed by atoms with van der Waals surface area (Å²) in [6, 6.07) is 5.57. The van der Waals surface area contributed by atoms with Crippen molar-refractivity contribution in [2.45, 2.75) is 18.7 Å². The van der Waals surface area contributed by atoms with E-state index in [9.17, 15) is 13.2 Å². The molecule has 152 valence electrons. The van der Waals surface area contributed by atoms with Gasteiger partial charge in [0.2, 0.25) is 5.95 Å². The number of anilines is 3. The Hall–Kier alpha value is -3.71. The number of nitrogens with one attached hydrogen (secondary N) is 3. The van der Waals surface area contributed by atoms with Crippen LogP contribution in [-0.4, -0.2) is 37.9 Å². The second-order valence-electron chi connectivity index (χ2n) is 5.85. The van der Waals surface area contributed by atoms with Crippen molar-refractivity contribution in [1.29, 1.82) is 0 Å². The van der Waals surface area contributed by atoms with Crippen LogP contribution < -0.4 is 16.6 Å². The highest BCUT2D eigenvalue weighted by Gasteiger charge is 2.10. The molecule has 0 aliphatic rings. The van der Waals surface area contributed by atoms with Crippen LogP contribution in [0, 0.1) is 13.8 Å². The molecule has 0 radical (unpaired) electrons. The number of oxazole rings is 1. The lowest BCUT2D eigenvalue weighted by Gasteiger charge is -1.99. The molecule has 0 unspecified atom stereocenters. The average Bonchev–Trinajstić information content (AvgIpc) is 3.22. The Balaban J connectivity index is 0.000000188. The van der Waals surface area contributed by atoms with Gasteiger partial charge in [-0.2, -0.15) is 18.4 Å². The number of H-pyrrole nitrogens is 2. The Morgan fingerprint density at radius 2 is 1.86 bits per heavy atom. The molecule has 3 heterocycles. The topological polar surface area (TPSA) is 193 Å². The number of nitrogens with zero attached hydrogens (tertiary/aromatic N) is 3. The van der Waals surface area contributed by atoms with Crippen molar-refractivity contribution in [2.75, 3.05) is 11.1 Å². The summed E-state index contributed by atoms with van der Waals surface area (Å²) < 4.78 is 34.8. The van der Waals surface area contributed by atoms with E-state index in [1.165, 1.54) is 30.6 Å². The number of fused-ring (bicyclic) bond motifs is 1. The van der Waals surface area contributed by atoms with Crippen molar-refractivity contribution in [3.63, 3.8) is 0 Å². The molecule has 1 aromatic carbocycles. The van der Waals surface area contributed by atoms with E-state index in [0.29, 0.717) is 22.6 Å². The number of nitrogens with two attached hydrogens (primary N) is 1. The fourth-order valence-corrected chi connectivity index (χ4v) is 2.65. The van der Waals surface area contributed by atoms with Gasteiger partial charge in [0.05, 0.1) is 16.9 Å². The van der Waals surface area contributed by atoms with E-state index < -0.39 is 10.1 Å². The molecule has 3 aromatic heterocycles. The van der Waals surface area contributed by atoms with Crippen LogP contribution in [0.1, 0.15) is 11.5 Å². The van der Waals surface area contributed by atoms with Crippen LogP contribution in [-0.2, 0) is 10.1 Å². The molecule has 13 heteroatoms. The number of imidazole rings is 1. The zero-order chi connectivity index (χ0) is 21.2. The molecule has 0 amide bonds. The standard InChI is InChI=1S/C10H10N6O2.C6H7NO3S/c1-4-5(2)18-10(13-4)16-9-14-7-6(8(17)15-9)11-3-12-7;7-5-1-3-6(4-2-5)11(8,9)10/h3H,1-2H3,(H3,11,12,13,14,15,16,17);1-4H,7H2,(H,8,9,10). The third-order valence-corrected chi connectivity index (χ3v) is 4.60. The van der Waals surface area contributed by atoms with Gasteiger partial charge in [0.15, 0.2) is 11.2 Å². The first-order valence-corrected chi connectivity index (χ1v) is 9.55. The van der Waals surface area contributed by atoms with Crippen molar-refractivity contribution < 1.29 is 17.4 Å². The van der Waals surface area contributed by atoms with Crippen LogP contribution in [0.25, 0.3) is 11.2 Å². The number of hydrogen-bond donors (Lipinski definition) is 5. The summed E-state index contributed by atoms with van der Waals surface area (Å²) in [5.41, 5.74) is 6.89. The molecule has 0 bridgehead atoms. The molecule has 29 heavy (non-hydrogen) atoms. The summed E-state index contributed by atoms with van der Waals surface area (Å²) in [4.78, 5) is 29.0. The zero-order valence-corrected chi connectivity index (χ0v) is 16.1. The average molecular weight is 419 g/mol. The third-order valence-electron chi connectivity index (χ3n) is 3.73. The monoisotopic (exact) mass is 419 g/mol. The predicted molar refractivity (Wildman–Crippen MR) is 104 cm³/mol. The van der Waals surface area contributed by atoms with Gasteiger partial charge in [-0.1, -0.05) is 0 Å². The molecule has 0 aliphatic carbocycles. The van der Waals surface area contributed by atoms with E-state index in [0.717, 1.165) is 5.69 Å². The summed E-state index contributed by atoms with van der Waals surface area (Å²) >= 11 is 0. The fourth-order valence-electron chi connectivity index (χ4n) is 2.17. The first-order chi connectivity index (χ1) is 13.6. The number of rotatable bonds is 3. The molecular formula is C16H17N7O5S. The van der Waals surface area contributed by atoms with Gasteiger partial charge in [0, 0.05) is 5.69 Å². The quantitative estimate of drug-likeness (QED) is 0.240. The van der Waals surface area contributed by atoms with Crippen molar-refractivity contribution in [3.05, 3.63) is 52.4 Å². The van der Waals surface area contributed by atoms with E-state index in [2.05, 4.69) is 30.2 Å². The number of benzene rings is 1. The second kappa shape index (κ2) is 7.73. The van der Waals surface area contributed by atoms with Crippen molar-refractivity contribution in [1.82, 2.24) is 24.9 Å². The largest absolute Gasteiger partial charge is 0.428 e. The molecule has 0 aliphatic heterocycles. The normalized spacial score (nSPS) is 11.1. The molecule has 0 saturated carbocycles. The number of hydrogen-bond acceptors (Lipinski definition) is 9. The summed E-state index contributed by atoms with van der Waals surface area (Å²) in [5.74, 6) is 0.946. The maximum Gasteiger partial charge on any atom is 0.301 e. The summed E-state index contributed by atoms with van der Waals surface area (Å²) in [6.07, 6.45) is 1.41. The maximum atomic E-state index is 11.7. The minimum Gasteiger partial charge on any atom is -0.428 e. The highest BCUT2D eigenvalue weighted by atomic mass is 32.2. The molecule has 0 saturated heterocycles. The minimum absolute atomic E-state index is 0.147. The molecule has 6 N–H and O–H groups in total. The first kappa shape index (κ1) is 20.0. The van der Waals surface area contributed by atoms with Crippen LogP contribution >= 0.6 is 0 Å². The number of aryl methyl sites for hydroxylation is 2. The SMILES string of the molecule is Cc1nc(Nc2nc3nc[nH]c3c(=O)[nH]2)oc1C.Nc1ccc(S(=O)(=O)O)cc1. The van der Waals surface area contributed by atoms with Gasteiger partial charge >= 0.3 is 6.01 Å². The van der Waals surface area contributed by atoms with Gasteiger partial charge in [-0.15, -0.1) is 0 Å². The second-order valence-corrected chi connectivity index (χ2v) is 7.27. The summed E-state index contributed by atoms with van der Waals surface area (Å²) in [7, 11) is -4.08. The zero-order valence-electron chi connectivity index (χ0n) is 15.3. The van der Waals surface area contributed by atoms with Crippen LogP contribution in [0.2, 0.25) is 0 Å². The van der Waals surface area contributed by atoms with Gasteiger partial charge in [0.1, 0.15) is 5.76 Å². The first-order valence-electron chi connectivity index (χ1n) is 8.11. The van der Waals surface area contributed by atoms with E-state index in [-0.39, 0.29) is 22.4 Å². The van der Waals surface area contributed by atoms with Gasteiger partial charge in [-0.25, -0.2) is 4.98 Å². The van der Waals surface area contributed by atoms with Crippen molar-refractivity contribution >= 4 is 38.9 Å². The molecular weight excluding hydrogens is 402 g/mol. The Morgan fingerprint density at radius 1 is 1.17 bits per heavy atom. The molecule has 4 aromatic rings. The lowest BCUT2D eigenvalue weighted by Crippen LogP contribution is -2.11. The lowest BCUT2D eigenvalue weighted by atomic mass is 10.3. The Kier molecular flexibility index (Phi) is 5.34. The third kappa shape index (κ3) is 4.77. The predicted octanol–water partition coefficient (Wildman–Crippen LogP) is 1.51. The summed E-state index contributed by atoms with van der Waals surface area (Å²) in [5, 5.41) is 2.79. The Morgan fingerprint density at radius 3 is 2.45 bits per heavy atom. The summed E-state index contributed by atoms with van der Waals surface area (Å²) in [6.45, 7) is 3.64. The smallest absolute Gasteiger partial charge is 0.301 e. The molecule has 0 spiro atoms. The van der Waals surface area contributed by atoms with Crippen LogP contribution in [0.4, 0.5) is 17.7 Å². The fraction of sp³-hybridized carbons (Fsp3) is 0.125. The van der Waals surface area contributed by atoms with Gasteiger partial charge in [-0.05, 0) is 38.1 Å². The van der Waals surface area contributed by atoms with E-state index in [4.69, 9.17) is 14.7 Å². The highest BCUT2D eigenvalue weighted by molar-refractivity contribution is 7.85. The van der Waals surface area contributed by atoms with Crippen molar-refractivity contribution in [3.8, 4) is 0 Å². The molecule has 12 nitrogen and oxygen atoms in total. The lowest BCUT2D eigenvalue weighted by molar-refractivity contribution is 0.483. The Labute approximate surface area is 164 Å². The van der Waals surface area contributed by atoms with Gasteiger partial charge in [-0.3, -0.25) is 19.6 Å². The minimum atomic E-state index is -4.08. The van der Waals surface area contributed by atoms with Crippen LogP contribution in [0.15, 0.2) is 44.7 Å². The number of aromatic amines is 2. The molecule has 0 atom stereocenters. The van der Waals surface area contributed by atoms with Gasteiger partial charge in [0.25, 0.3) is 15.7 Å². The maximum absolute atomic E-state index is 11.7. The van der Waals surface area contributed by atoms with E-state index in [1.807, 2.05) is 6.92 Å². The van der Waals surface area contributed by atoms with Crippen molar-refractivity contribution in [2.24, 2.45) is 0 Å². The molecule has 4 rings (SSSR count). The van der Waals surface area contributed by atoms with E-state index in [1.54, 1.807) is 6.92 Å². The Bertz CT molecular complexity index is 1290. The van der Waals surface area contributed by atoms with Gasteiger partial charge < -0.3 is 15.1 Å². The van der Waals surface area contributed by atoms with E-state index >= 15 is 0 Å². The number of aromatic nitrogens is 5.